The Bertz CT molecular complexity index is 668. The smallest absolute Gasteiger partial charge is 0.167 e. The van der Waals surface area contributed by atoms with Crippen molar-refractivity contribution < 1.29 is 14.3 Å². The van der Waals surface area contributed by atoms with Crippen molar-refractivity contribution in [2.24, 2.45) is 5.92 Å². The lowest BCUT2D eigenvalue weighted by Gasteiger charge is -2.21. The van der Waals surface area contributed by atoms with Crippen LogP contribution in [0.4, 0.5) is 0 Å². The largest absolute Gasteiger partial charge is 0.493 e. The molecule has 1 atom stereocenters. The minimum atomic E-state index is -0.111. The molecule has 0 aromatic heterocycles. The quantitative estimate of drug-likeness (QED) is 0.697. The highest BCUT2D eigenvalue weighted by Crippen LogP contribution is 2.29. The van der Waals surface area contributed by atoms with Crippen LogP contribution in [0.2, 0.25) is 0 Å². The van der Waals surface area contributed by atoms with Crippen LogP contribution in [-0.2, 0) is 6.42 Å². The Morgan fingerprint density at radius 3 is 2.25 bits per heavy atom. The Morgan fingerprint density at radius 2 is 1.67 bits per heavy atom. The van der Waals surface area contributed by atoms with E-state index in [1.165, 1.54) is 0 Å². The summed E-state index contributed by atoms with van der Waals surface area (Å²) in [6.45, 7) is 0.697. The first-order chi connectivity index (χ1) is 11.5. The van der Waals surface area contributed by atoms with Gasteiger partial charge in [-0.3, -0.25) is 4.79 Å². The van der Waals surface area contributed by atoms with E-state index in [9.17, 15) is 4.79 Å². The van der Waals surface area contributed by atoms with E-state index in [-0.39, 0.29) is 11.7 Å². The molecule has 0 fully saturated rings. The molecule has 0 N–H and O–H groups in total. The van der Waals surface area contributed by atoms with Gasteiger partial charge >= 0.3 is 0 Å². The average molecular weight is 327 g/mol. The molecule has 0 amide bonds. The third kappa shape index (κ3) is 4.59. The number of hydrogen-bond acceptors (Lipinski definition) is 4. The van der Waals surface area contributed by atoms with E-state index in [4.69, 9.17) is 9.47 Å². The fourth-order valence-electron chi connectivity index (χ4n) is 2.81. The fraction of sp³-hybridized carbons (Fsp3) is 0.350. The van der Waals surface area contributed by atoms with Crippen molar-refractivity contribution >= 4 is 5.78 Å². The van der Waals surface area contributed by atoms with Gasteiger partial charge in [0.05, 0.1) is 14.2 Å². The Labute approximate surface area is 144 Å². The SMILES string of the molecule is COc1ccc(C[C@@H](CN(C)C)C(=O)c2ccccc2)cc1OC. The van der Waals surface area contributed by atoms with Gasteiger partial charge in [0, 0.05) is 18.0 Å². The molecule has 2 aromatic rings. The lowest BCUT2D eigenvalue weighted by molar-refractivity contribution is 0.0896. The molecule has 4 nitrogen and oxygen atoms in total. The molecule has 0 unspecified atom stereocenters. The van der Waals surface area contributed by atoms with Gasteiger partial charge in [-0.15, -0.1) is 0 Å². The molecule has 4 heteroatoms. The molecule has 24 heavy (non-hydrogen) atoms. The van der Waals surface area contributed by atoms with E-state index < -0.39 is 0 Å². The van der Waals surface area contributed by atoms with Gasteiger partial charge in [-0.2, -0.15) is 0 Å². The number of Topliss-reactive ketones (excluding diaryl/α,β-unsaturated/α-hetero) is 1. The molecular formula is C20H25NO3. The number of ketones is 1. The molecule has 0 saturated heterocycles. The standard InChI is InChI=1S/C20H25NO3/c1-21(2)14-17(20(22)16-8-6-5-7-9-16)12-15-10-11-18(23-3)19(13-15)24-4/h5-11,13,17H,12,14H2,1-4H3/t17-/m0/s1. The normalized spacial score (nSPS) is 12.0. The van der Waals surface area contributed by atoms with Crippen LogP contribution >= 0.6 is 0 Å². The lowest BCUT2D eigenvalue weighted by Crippen LogP contribution is -2.29. The first-order valence-corrected chi connectivity index (χ1v) is 8.00. The van der Waals surface area contributed by atoms with Crippen LogP contribution < -0.4 is 9.47 Å². The molecule has 0 bridgehead atoms. The number of methoxy groups -OCH3 is 2. The summed E-state index contributed by atoms with van der Waals surface area (Å²) in [5.74, 6) is 1.44. The maximum Gasteiger partial charge on any atom is 0.167 e. The van der Waals surface area contributed by atoms with Crippen molar-refractivity contribution in [3.8, 4) is 11.5 Å². The number of benzene rings is 2. The van der Waals surface area contributed by atoms with Gasteiger partial charge in [0.15, 0.2) is 17.3 Å². The number of nitrogens with zero attached hydrogens (tertiary/aromatic N) is 1. The van der Waals surface area contributed by atoms with E-state index >= 15 is 0 Å². The highest BCUT2D eigenvalue weighted by molar-refractivity contribution is 5.98. The summed E-state index contributed by atoms with van der Waals surface area (Å²) in [6.07, 6.45) is 0.659. The van der Waals surface area contributed by atoms with Crippen LogP contribution in [0.3, 0.4) is 0 Å². The zero-order valence-corrected chi connectivity index (χ0v) is 14.8. The van der Waals surface area contributed by atoms with E-state index in [0.29, 0.717) is 24.5 Å². The van der Waals surface area contributed by atoms with Gasteiger partial charge in [-0.25, -0.2) is 0 Å². The third-order valence-corrected chi connectivity index (χ3v) is 3.94. The summed E-state index contributed by atoms with van der Waals surface area (Å²) in [4.78, 5) is 14.9. The Kier molecular flexibility index (Phi) is 6.38. The van der Waals surface area contributed by atoms with E-state index in [1.807, 2.05) is 67.5 Å². The van der Waals surface area contributed by atoms with E-state index in [0.717, 1.165) is 11.1 Å². The summed E-state index contributed by atoms with van der Waals surface area (Å²) in [5, 5.41) is 0. The fourth-order valence-corrected chi connectivity index (χ4v) is 2.81. The molecule has 0 radical (unpaired) electrons. The maximum absolute atomic E-state index is 12.9. The second kappa shape index (κ2) is 8.50. The highest BCUT2D eigenvalue weighted by atomic mass is 16.5. The van der Waals surface area contributed by atoms with Crippen molar-refractivity contribution in [3.05, 3.63) is 59.7 Å². The lowest BCUT2D eigenvalue weighted by atomic mass is 9.90. The van der Waals surface area contributed by atoms with Gasteiger partial charge in [-0.1, -0.05) is 36.4 Å². The van der Waals surface area contributed by atoms with Crippen LogP contribution in [0.25, 0.3) is 0 Å². The molecule has 0 heterocycles. The molecule has 0 saturated carbocycles. The topological polar surface area (TPSA) is 38.8 Å². The van der Waals surface area contributed by atoms with Crippen molar-refractivity contribution in [3.63, 3.8) is 0 Å². The molecule has 0 aliphatic heterocycles. The molecule has 2 aromatic carbocycles. The zero-order chi connectivity index (χ0) is 17.5. The highest BCUT2D eigenvalue weighted by Gasteiger charge is 2.22. The number of rotatable bonds is 8. The molecule has 128 valence electrons. The summed E-state index contributed by atoms with van der Waals surface area (Å²) < 4.78 is 10.6. The van der Waals surface area contributed by atoms with Crippen LogP contribution in [0.5, 0.6) is 11.5 Å². The molecule has 0 aliphatic carbocycles. The van der Waals surface area contributed by atoms with Gasteiger partial charge < -0.3 is 14.4 Å². The summed E-state index contributed by atoms with van der Waals surface area (Å²) in [7, 11) is 7.21. The number of hydrogen-bond donors (Lipinski definition) is 0. The van der Waals surface area contributed by atoms with E-state index in [2.05, 4.69) is 0 Å². The third-order valence-electron chi connectivity index (χ3n) is 3.94. The Hall–Kier alpha value is -2.33. The first kappa shape index (κ1) is 18.0. The maximum atomic E-state index is 12.9. The van der Waals surface area contributed by atoms with Gasteiger partial charge in [0.2, 0.25) is 0 Å². The summed E-state index contributed by atoms with van der Waals surface area (Å²) in [6, 6.07) is 15.3. The predicted octanol–water partition coefficient (Wildman–Crippen LogP) is 3.31. The van der Waals surface area contributed by atoms with E-state index in [1.54, 1.807) is 14.2 Å². The van der Waals surface area contributed by atoms with Crippen LogP contribution in [0, 0.1) is 5.92 Å². The second-order valence-electron chi connectivity index (χ2n) is 6.08. The monoisotopic (exact) mass is 327 g/mol. The summed E-state index contributed by atoms with van der Waals surface area (Å²) >= 11 is 0. The number of ether oxygens (including phenoxy) is 2. The van der Waals surface area contributed by atoms with Crippen LogP contribution in [-0.4, -0.2) is 45.5 Å². The summed E-state index contributed by atoms with van der Waals surface area (Å²) in [5.41, 5.74) is 1.81. The van der Waals surface area contributed by atoms with Crippen LogP contribution in [0.15, 0.2) is 48.5 Å². The Balaban J connectivity index is 2.24. The molecule has 0 aliphatic rings. The second-order valence-corrected chi connectivity index (χ2v) is 6.08. The molecule has 0 spiro atoms. The van der Waals surface area contributed by atoms with Gasteiger partial charge in [-0.05, 0) is 38.2 Å². The minimum Gasteiger partial charge on any atom is -0.493 e. The van der Waals surface area contributed by atoms with Gasteiger partial charge in [0.1, 0.15) is 0 Å². The number of carbonyl (C=O) groups is 1. The zero-order valence-electron chi connectivity index (χ0n) is 14.8. The van der Waals surface area contributed by atoms with Crippen molar-refractivity contribution in [2.45, 2.75) is 6.42 Å². The number of carbonyl (C=O) groups excluding carboxylic acids is 1. The van der Waals surface area contributed by atoms with Crippen molar-refractivity contribution in [1.82, 2.24) is 4.90 Å². The van der Waals surface area contributed by atoms with Crippen molar-refractivity contribution in [1.29, 1.82) is 0 Å². The molecular weight excluding hydrogens is 302 g/mol. The van der Waals surface area contributed by atoms with Crippen molar-refractivity contribution in [2.75, 3.05) is 34.9 Å². The molecule has 2 rings (SSSR count). The first-order valence-electron chi connectivity index (χ1n) is 8.00. The van der Waals surface area contributed by atoms with Crippen LogP contribution in [0.1, 0.15) is 15.9 Å². The predicted molar refractivity (Wildman–Crippen MR) is 96.1 cm³/mol. The Morgan fingerprint density at radius 1 is 1.00 bits per heavy atom. The average Bonchev–Trinajstić information content (AvgIpc) is 2.60. The van der Waals surface area contributed by atoms with Gasteiger partial charge in [0.25, 0.3) is 0 Å². The minimum absolute atomic E-state index is 0.111.